The van der Waals surface area contributed by atoms with E-state index in [1.165, 1.54) is 17.0 Å². The van der Waals surface area contributed by atoms with Crippen LogP contribution >= 0.6 is 43.2 Å². The lowest BCUT2D eigenvalue weighted by Gasteiger charge is -2.26. The second-order valence-corrected chi connectivity index (χ2v) is 7.82. The average molecular weight is 422 g/mol. The van der Waals surface area contributed by atoms with Gasteiger partial charge in [0.2, 0.25) is 0 Å². The van der Waals surface area contributed by atoms with Crippen LogP contribution in [0.3, 0.4) is 0 Å². The summed E-state index contributed by atoms with van der Waals surface area (Å²) in [6.45, 7) is 1.27. The highest BCUT2D eigenvalue weighted by Crippen LogP contribution is 2.37. The molecule has 2 N–H and O–H groups in total. The summed E-state index contributed by atoms with van der Waals surface area (Å²) < 4.78 is 15.0. The van der Waals surface area contributed by atoms with Crippen LogP contribution in [0.4, 0.5) is 4.39 Å². The fourth-order valence-electron chi connectivity index (χ4n) is 2.03. The maximum Gasteiger partial charge on any atom is 0.123 e. The normalized spacial score (nSPS) is 12.9. The van der Waals surface area contributed by atoms with Crippen LogP contribution in [0.15, 0.2) is 38.6 Å². The van der Waals surface area contributed by atoms with E-state index in [0.29, 0.717) is 6.54 Å². The first-order chi connectivity index (χ1) is 9.51. The molecule has 0 bridgehead atoms. The first-order valence-electron chi connectivity index (χ1n) is 6.10. The number of nitrogens with two attached hydrogens (primary N) is 1. The molecule has 0 radical (unpaired) electrons. The van der Waals surface area contributed by atoms with E-state index in [4.69, 9.17) is 5.73 Å². The molecule has 0 aliphatic heterocycles. The number of nitrogens with zero attached hydrogens (tertiary/aromatic N) is 1. The van der Waals surface area contributed by atoms with Gasteiger partial charge < -0.3 is 5.73 Å². The van der Waals surface area contributed by atoms with Gasteiger partial charge in [0.15, 0.2) is 0 Å². The molecule has 0 aliphatic rings. The molecule has 1 heterocycles. The zero-order chi connectivity index (χ0) is 14.7. The number of benzene rings is 1. The Balaban J connectivity index is 2.12. The van der Waals surface area contributed by atoms with E-state index in [0.717, 1.165) is 20.4 Å². The minimum Gasteiger partial charge on any atom is -0.329 e. The van der Waals surface area contributed by atoms with Gasteiger partial charge in [-0.1, -0.05) is 12.1 Å². The SMILES string of the molecule is CN(Cc1ccc(F)cc1)C(CN)c1cc(Br)c(Br)s1. The van der Waals surface area contributed by atoms with Crippen molar-refractivity contribution in [2.24, 2.45) is 5.73 Å². The Morgan fingerprint density at radius 3 is 2.45 bits per heavy atom. The summed E-state index contributed by atoms with van der Waals surface area (Å²) in [4.78, 5) is 3.38. The molecule has 2 nitrogen and oxygen atoms in total. The summed E-state index contributed by atoms with van der Waals surface area (Å²) in [5.74, 6) is -0.210. The van der Waals surface area contributed by atoms with E-state index < -0.39 is 0 Å². The van der Waals surface area contributed by atoms with Gasteiger partial charge in [-0.05, 0) is 62.7 Å². The quantitative estimate of drug-likeness (QED) is 0.767. The number of hydrogen-bond acceptors (Lipinski definition) is 3. The largest absolute Gasteiger partial charge is 0.329 e. The summed E-state index contributed by atoms with van der Waals surface area (Å²) in [6.07, 6.45) is 0. The van der Waals surface area contributed by atoms with Gasteiger partial charge >= 0.3 is 0 Å². The van der Waals surface area contributed by atoms with Crippen LogP contribution in [-0.2, 0) is 6.54 Å². The van der Waals surface area contributed by atoms with Gasteiger partial charge in [0.25, 0.3) is 0 Å². The molecule has 0 fully saturated rings. The molecular weight excluding hydrogens is 407 g/mol. The van der Waals surface area contributed by atoms with E-state index in [1.54, 1.807) is 23.5 Å². The summed E-state index contributed by atoms with van der Waals surface area (Å²) >= 11 is 8.68. The molecule has 2 rings (SSSR count). The Bertz CT molecular complexity index is 552. The Kier molecular flexibility index (Phi) is 5.74. The second kappa shape index (κ2) is 7.13. The molecule has 108 valence electrons. The molecule has 1 aromatic heterocycles. The minimum atomic E-state index is -0.210. The van der Waals surface area contributed by atoms with E-state index in [2.05, 4.69) is 42.8 Å². The van der Waals surface area contributed by atoms with Gasteiger partial charge in [-0.3, -0.25) is 4.90 Å². The van der Waals surface area contributed by atoms with Crippen LogP contribution in [0.5, 0.6) is 0 Å². The van der Waals surface area contributed by atoms with Gasteiger partial charge in [-0.2, -0.15) is 0 Å². The fourth-order valence-corrected chi connectivity index (χ4v) is 4.30. The van der Waals surface area contributed by atoms with E-state index >= 15 is 0 Å². The third kappa shape index (κ3) is 3.89. The third-order valence-electron chi connectivity index (χ3n) is 3.09. The van der Waals surface area contributed by atoms with Crippen molar-refractivity contribution in [2.75, 3.05) is 13.6 Å². The molecule has 0 aliphatic carbocycles. The highest BCUT2D eigenvalue weighted by Gasteiger charge is 2.19. The van der Waals surface area contributed by atoms with Crippen molar-refractivity contribution in [3.63, 3.8) is 0 Å². The number of rotatable bonds is 5. The maximum atomic E-state index is 12.9. The molecule has 20 heavy (non-hydrogen) atoms. The van der Waals surface area contributed by atoms with Crippen molar-refractivity contribution < 1.29 is 4.39 Å². The number of hydrogen-bond donors (Lipinski definition) is 1. The summed E-state index contributed by atoms with van der Waals surface area (Å²) in [6, 6.07) is 8.82. The van der Waals surface area contributed by atoms with Crippen molar-refractivity contribution in [3.8, 4) is 0 Å². The molecule has 1 aromatic carbocycles. The van der Waals surface area contributed by atoms with Crippen molar-refractivity contribution in [2.45, 2.75) is 12.6 Å². The van der Waals surface area contributed by atoms with E-state index in [9.17, 15) is 4.39 Å². The number of thiophene rings is 1. The van der Waals surface area contributed by atoms with Crippen LogP contribution in [-0.4, -0.2) is 18.5 Å². The van der Waals surface area contributed by atoms with Crippen LogP contribution in [0.1, 0.15) is 16.5 Å². The Labute approximate surface area is 139 Å². The van der Waals surface area contributed by atoms with Crippen molar-refractivity contribution in [1.29, 1.82) is 0 Å². The minimum absolute atomic E-state index is 0.146. The van der Waals surface area contributed by atoms with E-state index in [1.807, 2.05) is 7.05 Å². The average Bonchev–Trinajstić information content (AvgIpc) is 2.73. The van der Waals surface area contributed by atoms with Gasteiger partial charge in [0.1, 0.15) is 5.82 Å². The van der Waals surface area contributed by atoms with E-state index in [-0.39, 0.29) is 11.9 Å². The summed E-state index contributed by atoms with van der Waals surface area (Å²) in [5.41, 5.74) is 6.99. The first-order valence-corrected chi connectivity index (χ1v) is 8.51. The van der Waals surface area contributed by atoms with Gasteiger partial charge in [0, 0.05) is 22.4 Å². The zero-order valence-corrected chi connectivity index (χ0v) is 14.9. The summed E-state index contributed by atoms with van der Waals surface area (Å²) in [7, 11) is 2.03. The molecular formula is C14H15Br2FN2S. The highest BCUT2D eigenvalue weighted by molar-refractivity contribution is 9.13. The zero-order valence-electron chi connectivity index (χ0n) is 10.9. The standard InChI is InChI=1S/C14H15Br2FN2S/c1-19(8-9-2-4-10(17)5-3-9)12(7-18)13-6-11(15)14(16)20-13/h2-6,12H,7-8,18H2,1H3. The monoisotopic (exact) mass is 420 g/mol. The maximum absolute atomic E-state index is 12.9. The Morgan fingerprint density at radius 2 is 1.95 bits per heavy atom. The molecule has 1 unspecified atom stereocenters. The molecule has 0 saturated carbocycles. The van der Waals surface area contributed by atoms with Crippen molar-refractivity contribution >= 4 is 43.2 Å². The molecule has 2 aromatic rings. The van der Waals surface area contributed by atoms with Crippen molar-refractivity contribution in [3.05, 3.63) is 54.8 Å². The molecule has 6 heteroatoms. The number of halogens is 3. The van der Waals surface area contributed by atoms with Gasteiger partial charge in [0.05, 0.1) is 9.83 Å². The number of likely N-dealkylation sites (N-methyl/N-ethyl adjacent to an activating group) is 1. The lowest BCUT2D eigenvalue weighted by molar-refractivity contribution is 0.245. The second-order valence-electron chi connectivity index (χ2n) is 4.56. The molecule has 0 saturated heterocycles. The van der Waals surface area contributed by atoms with Crippen LogP contribution in [0.2, 0.25) is 0 Å². The predicted molar refractivity (Wildman–Crippen MR) is 89.4 cm³/mol. The predicted octanol–water partition coefficient (Wildman–Crippen LogP) is 4.54. The van der Waals surface area contributed by atoms with Gasteiger partial charge in [-0.25, -0.2) is 4.39 Å². The molecule has 0 amide bonds. The van der Waals surface area contributed by atoms with Gasteiger partial charge in [-0.15, -0.1) is 11.3 Å². The van der Waals surface area contributed by atoms with Crippen LogP contribution in [0.25, 0.3) is 0 Å². The summed E-state index contributed by atoms with van der Waals surface area (Å²) in [5, 5.41) is 0. The molecule has 1 atom stereocenters. The lowest BCUT2D eigenvalue weighted by Crippen LogP contribution is -2.29. The smallest absolute Gasteiger partial charge is 0.123 e. The van der Waals surface area contributed by atoms with Crippen LogP contribution < -0.4 is 5.73 Å². The van der Waals surface area contributed by atoms with Crippen molar-refractivity contribution in [1.82, 2.24) is 4.90 Å². The topological polar surface area (TPSA) is 29.3 Å². The fraction of sp³-hybridized carbons (Fsp3) is 0.286. The van der Waals surface area contributed by atoms with Crippen LogP contribution in [0, 0.1) is 5.82 Å². The highest BCUT2D eigenvalue weighted by atomic mass is 79.9. The Morgan fingerprint density at radius 1 is 1.30 bits per heavy atom. The third-order valence-corrected chi connectivity index (χ3v) is 6.45. The lowest BCUT2D eigenvalue weighted by atomic mass is 10.1. The first kappa shape index (κ1) is 16.1. The molecule has 0 spiro atoms. The Hall–Kier alpha value is -0.270.